The maximum atomic E-state index is 12.8. The topological polar surface area (TPSA) is 75.7 Å². The smallest absolute Gasteiger partial charge is 0.243 e. The number of sulfonamides is 1. The van der Waals surface area contributed by atoms with Crippen molar-refractivity contribution in [1.29, 1.82) is 0 Å². The molecule has 9 heteroatoms. The Bertz CT molecular complexity index is 1190. The van der Waals surface area contributed by atoms with Crippen LogP contribution in [0.5, 0.6) is 11.5 Å². The van der Waals surface area contributed by atoms with Crippen molar-refractivity contribution < 1.29 is 17.9 Å². The Labute approximate surface area is 197 Å². The van der Waals surface area contributed by atoms with Crippen LogP contribution in [0, 0.1) is 0 Å². The van der Waals surface area contributed by atoms with Gasteiger partial charge < -0.3 is 10.1 Å². The zero-order chi connectivity index (χ0) is 23.3. The summed E-state index contributed by atoms with van der Waals surface area (Å²) in [6.07, 6.45) is 1.06. The molecule has 0 aliphatic heterocycles. The molecule has 0 aliphatic carbocycles. The van der Waals surface area contributed by atoms with E-state index in [1.54, 1.807) is 42.5 Å². The standard InChI is InChI=1S/C23H22Cl2N2O4S/c1-16(23(28)26-15-17-8-9-18(24)14-22(17)25)27(32(2,29)30)19-10-12-21(13-11-19)31-20-6-4-3-5-7-20/h3-14,16H,15H2,1-2H3,(H,26,28)/t16-/m1/s1. The molecule has 3 rings (SSSR count). The van der Waals surface area contributed by atoms with E-state index in [0.717, 1.165) is 10.6 Å². The summed E-state index contributed by atoms with van der Waals surface area (Å²) in [5.74, 6) is 0.739. The van der Waals surface area contributed by atoms with Crippen LogP contribution < -0.4 is 14.4 Å². The molecule has 0 fully saturated rings. The Morgan fingerprint density at radius 2 is 1.62 bits per heavy atom. The van der Waals surface area contributed by atoms with E-state index in [1.807, 2.05) is 30.3 Å². The molecule has 0 heterocycles. The van der Waals surface area contributed by atoms with E-state index in [9.17, 15) is 13.2 Å². The predicted octanol–water partition coefficient (Wildman–Crippen LogP) is 5.26. The number of nitrogens with one attached hydrogen (secondary N) is 1. The number of hydrogen-bond donors (Lipinski definition) is 1. The van der Waals surface area contributed by atoms with Gasteiger partial charge in [0.2, 0.25) is 15.9 Å². The fraction of sp³-hybridized carbons (Fsp3) is 0.174. The molecule has 0 saturated carbocycles. The van der Waals surface area contributed by atoms with Crippen LogP contribution in [0.3, 0.4) is 0 Å². The van der Waals surface area contributed by atoms with Crippen LogP contribution in [0.15, 0.2) is 72.8 Å². The summed E-state index contributed by atoms with van der Waals surface area (Å²) >= 11 is 12.0. The lowest BCUT2D eigenvalue weighted by molar-refractivity contribution is -0.122. The molecule has 1 N–H and O–H groups in total. The lowest BCUT2D eigenvalue weighted by atomic mass is 10.2. The van der Waals surface area contributed by atoms with E-state index in [4.69, 9.17) is 27.9 Å². The van der Waals surface area contributed by atoms with Crippen LogP contribution in [0.4, 0.5) is 5.69 Å². The summed E-state index contributed by atoms with van der Waals surface area (Å²) in [6.45, 7) is 1.66. The highest BCUT2D eigenvalue weighted by atomic mass is 35.5. The van der Waals surface area contributed by atoms with Gasteiger partial charge in [-0.15, -0.1) is 0 Å². The van der Waals surface area contributed by atoms with E-state index in [1.165, 1.54) is 6.92 Å². The van der Waals surface area contributed by atoms with Gasteiger partial charge in [-0.2, -0.15) is 0 Å². The van der Waals surface area contributed by atoms with Gasteiger partial charge in [-0.3, -0.25) is 9.10 Å². The highest BCUT2D eigenvalue weighted by molar-refractivity contribution is 7.92. The average Bonchev–Trinajstić information content (AvgIpc) is 2.74. The first kappa shape index (κ1) is 23.9. The number of carbonyl (C=O) groups is 1. The number of rotatable bonds is 8. The molecule has 6 nitrogen and oxygen atoms in total. The molecule has 168 valence electrons. The molecule has 0 radical (unpaired) electrons. The van der Waals surface area contributed by atoms with Crippen molar-refractivity contribution in [2.75, 3.05) is 10.6 Å². The van der Waals surface area contributed by atoms with E-state index in [2.05, 4.69) is 5.32 Å². The van der Waals surface area contributed by atoms with Crippen LogP contribution in [-0.4, -0.2) is 26.6 Å². The summed E-state index contributed by atoms with van der Waals surface area (Å²) in [6, 6.07) is 19.7. The molecule has 0 spiro atoms. The Morgan fingerprint density at radius 3 is 2.22 bits per heavy atom. The van der Waals surface area contributed by atoms with Crippen molar-refractivity contribution >= 4 is 44.8 Å². The zero-order valence-electron chi connectivity index (χ0n) is 17.5. The highest BCUT2D eigenvalue weighted by Crippen LogP contribution is 2.27. The van der Waals surface area contributed by atoms with E-state index < -0.39 is 22.0 Å². The summed E-state index contributed by atoms with van der Waals surface area (Å²) in [5.41, 5.74) is 1.02. The highest BCUT2D eigenvalue weighted by Gasteiger charge is 2.29. The van der Waals surface area contributed by atoms with E-state index in [-0.39, 0.29) is 6.54 Å². The fourth-order valence-corrected chi connectivity index (χ4v) is 4.74. The van der Waals surface area contributed by atoms with Crippen LogP contribution in [-0.2, 0) is 21.4 Å². The van der Waals surface area contributed by atoms with Gasteiger partial charge in [0.1, 0.15) is 17.5 Å². The summed E-state index contributed by atoms with van der Waals surface area (Å²) < 4.78 is 31.8. The average molecular weight is 493 g/mol. The molecule has 0 aliphatic rings. The minimum atomic E-state index is -3.74. The first-order valence-electron chi connectivity index (χ1n) is 9.69. The van der Waals surface area contributed by atoms with Crippen molar-refractivity contribution in [3.05, 3.63) is 88.4 Å². The number of hydrogen-bond acceptors (Lipinski definition) is 4. The van der Waals surface area contributed by atoms with Gasteiger partial charge in [-0.1, -0.05) is 47.5 Å². The van der Waals surface area contributed by atoms with Crippen LogP contribution in [0.1, 0.15) is 12.5 Å². The van der Waals surface area contributed by atoms with Gasteiger partial charge in [0.25, 0.3) is 0 Å². The van der Waals surface area contributed by atoms with E-state index in [0.29, 0.717) is 32.8 Å². The normalized spacial score (nSPS) is 12.1. The number of amides is 1. The van der Waals surface area contributed by atoms with Crippen molar-refractivity contribution in [3.63, 3.8) is 0 Å². The number of ether oxygens (including phenoxy) is 1. The molecule has 1 amide bonds. The molecule has 0 bridgehead atoms. The lowest BCUT2D eigenvalue weighted by Gasteiger charge is -2.28. The Morgan fingerprint density at radius 1 is 1.00 bits per heavy atom. The molecule has 3 aromatic rings. The number of para-hydroxylation sites is 1. The number of carbonyl (C=O) groups excluding carboxylic acids is 1. The van der Waals surface area contributed by atoms with Crippen molar-refractivity contribution in [2.24, 2.45) is 0 Å². The molecule has 0 aromatic heterocycles. The summed E-state index contributed by atoms with van der Waals surface area (Å²) in [7, 11) is -3.74. The fourth-order valence-electron chi connectivity index (χ4n) is 3.09. The second-order valence-electron chi connectivity index (χ2n) is 7.10. The van der Waals surface area contributed by atoms with Crippen LogP contribution in [0.25, 0.3) is 0 Å². The van der Waals surface area contributed by atoms with Crippen molar-refractivity contribution in [3.8, 4) is 11.5 Å². The van der Waals surface area contributed by atoms with Crippen molar-refractivity contribution in [2.45, 2.75) is 19.5 Å². The molecule has 3 aromatic carbocycles. The van der Waals surface area contributed by atoms with Crippen LogP contribution >= 0.6 is 23.2 Å². The maximum absolute atomic E-state index is 12.8. The van der Waals surface area contributed by atoms with Crippen LogP contribution in [0.2, 0.25) is 10.0 Å². The van der Waals surface area contributed by atoms with Gasteiger partial charge in [0, 0.05) is 16.6 Å². The third-order valence-electron chi connectivity index (χ3n) is 4.63. The van der Waals surface area contributed by atoms with Gasteiger partial charge in [0.15, 0.2) is 0 Å². The Hall–Kier alpha value is -2.74. The molecular formula is C23H22Cl2N2O4S. The zero-order valence-corrected chi connectivity index (χ0v) is 19.8. The largest absolute Gasteiger partial charge is 0.457 e. The minimum absolute atomic E-state index is 0.140. The minimum Gasteiger partial charge on any atom is -0.457 e. The summed E-state index contributed by atoms with van der Waals surface area (Å²) in [5, 5.41) is 3.63. The second-order valence-corrected chi connectivity index (χ2v) is 9.80. The second kappa shape index (κ2) is 10.3. The first-order valence-corrected chi connectivity index (χ1v) is 12.3. The molecule has 32 heavy (non-hydrogen) atoms. The number of benzene rings is 3. The first-order chi connectivity index (χ1) is 15.1. The number of halogens is 2. The Balaban J connectivity index is 1.74. The monoisotopic (exact) mass is 492 g/mol. The molecule has 0 unspecified atom stereocenters. The van der Waals surface area contributed by atoms with Gasteiger partial charge >= 0.3 is 0 Å². The van der Waals surface area contributed by atoms with Gasteiger partial charge in [0.05, 0.1) is 11.9 Å². The predicted molar refractivity (Wildman–Crippen MR) is 128 cm³/mol. The maximum Gasteiger partial charge on any atom is 0.243 e. The third-order valence-corrected chi connectivity index (χ3v) is 6.46. The molecular weight excluding hydrogens is 471 g/mol. The lowest BCUT2D eigenvalue weighted by Crippen LogP contribution is -2.47. The third kappa shape index (κ3) is 6.16. The number of nitrogens with zero attached hydrogens (tertiary/aromatic N) is 1. The molecule has 0 saturated heterocycles. The SMILES string of the molecule is C[C@H](C(=O)NCc1ccc(Cl)cc1Cl)N(c1ccc(Oc2ccccc2)cc1)S(C)(=O)=O. The van der Waals surface area contributed by atoms with Crippen molar-refractivity contribution in [1.82, 2.24) is 5.32 Å². The van der Waals surface area contributed by atoms with Gasteiger partial charge in [-0.05, 0) is 61.0 Å². The van der Waals surface area contributed by atoms with E-state index >= 15 is 0 Å². The Kier molecular flexibility index (Phi) is 7.66. The van der Waals surface area contributed by atoms with Gasteiger partial charge in [-0.25, -0.2) is 8.42 Å². The quantitative estimate of drug-likeness (QED) is 0.465. The molecule has 1 atom stereocenters. The summed E-state index contributed by atoms with van der Waals surface area (Å²) in [4.78, 5) is 12.8. The number of anilines is 1.